The normalized spacial score (nSPS) is 9.27. The number of amides is 4. The van der Waals surface area contributed by atoms with Crippen LogP contribution in [0.3, 0.4) is 0 Å². The van der Waals surface area contributed by atoms with Gasteiger partial charge < -0.3 is 26.0 Å². The highest BCUT2D eigenvalue weighted by molar-refractivity contribution is 5.74. The Hall–Kier alpha value is -1.50. The maximum absolute atomic E-state index is 11.2. The van der Waals surface area contributed by atoms with E-state index in [2.05, 4.69) is 16.0 Å². The van der Waals surface area contributed by atoms with Crippen molar-refractivity contribution in [3.63, 3.8) is 0 Å². The number of hydrogen-bond donors (Lipinski definition) is 4. The molecule has 0 heterocycles. The summed E-state index contributed by atoms with van der Waals surface area (Å²) in [6.45, 7) is 0.837. The molecule has 0 atom stereocenters. The highest BCUT2D eigenvalue weighted by Gasteiger charge is 2.10. The fraction of sp³-hybridized carbons (Fsp3) is 0.750. The Morgan fingerprint density at radius 2 is 1.87 bits per heavy atom. The van der Waals surface area contributed by atoms with E-state index in [1.165, 1.54) is 19.0 Å². The lowest BCUT2D eigenvalue weighted by molar-refractivity contribution is 0.179. The van der Waals surface area contributed by atoms with Crippen molar-refractivity contribution in [3.05, 3.63) is 0 Å². The summed E-state index contributed by atoms with van der Waals surface area (Å²) >= 11 is 0. The van der Waals surface area contributed by atoms with Crippen molar-refractivity contribution in [2.24, 2.45) is 0 Å². The van der Waals surface area contributed by atoms with Crippen LogP contribution in [0.15, 0.2) is 0 Å². The molecular formula is C8H18N4O3. The number of carbonyl (C=O) groups excluding carboxylic acids is 2. The minimum absolute atomic E-state index is 0.104. The Labute approximate surface area is 88.8 Å². The molecule has 4 N–H and O–H groups in total. The lowest BCUT2D eigenvalue weighted by Crippen LogP contribution is -2.45. The summed E-state index contributed by atoms with van der Waals surface area (Å²) in [6.07, 6.45) is 0. The number of aliphatic hydroxyl groups excluding tert-OH is 1. The zero-order chi connectivity index (χ0) is 11.7. The van der Waals surface area contributed by atoms with Gasteiger partial charge in [0, 0.05) is 33.7 Å². The van der Waals surface area contributed by atoms with Gasteiger partial charge in [0.15, 0.2) is 0 Å². The zero-order valence-electron chi connectivity index (χ0n) is 9.04. The van der Waals surface area contributed by atoms with Gasteiger partial charge in [-0.15, -0.1) is 0 Å². The van der Waals surface area contributed by atoms with Crippen LogP contribution in [-0.2, 0) is 0 Å². The Balaban J connectivity index is 3.85. The van der Waals surface area contributed by atoms with E-state index in [9.17, 15) is 9.59 Å². The number of aliphatic hydroxyl groups is 1. The third-order valence-corrected chi connectivity index (χ3v) is 1.77. The van der Waals surface area contributed by atoms with E-state index < -0.39 is 0 Å². The summed E-state index contributed by atoms with van der Waals surface area (Å²) in [5.74, 6) is 0. The number of hydrogen-bond acceptors (Lipinski definition) is 3. The molecule has 0 aromatic heterocycles. The smallest absolute Gasteiger partial charge is 0.317 e. The Kier molecular flexibility index (Phi) is 7.08. The van der Waals surface area contributed by atoms with E-state index in [1.54, 1.807) is 0 Å². The van der Waals surface area contributed by atoms with Gasteiger partial charge >= 0.3 is 12.1 Å². The van der Waals surface area contributed by atoms with Crippen molar-refractivity contribution < 1.29 is 14.7 Å². The zero-order valence-corrected chi connectivity index (χ0v) is 9.04. The molecule has 0 aliphatic carbocycles. The van der Waals surface area contributed by atoms with Crippen LogP contribution in [0.5, 0.6) is 0 Å². The minimum atomic E-state index is -0.296. The summed E-state index contributed by atoms with van der Waals surface area (Å²) in [5.41, 5.74) is 0. The fourth-order valence-electron chi connectivity index (χ4n) is 0.986. The molecule has 0 spiro atoms. The third kappa shape index (κ3) is 5.74. The summed E-state index contributed by atoms with van der Waals surface area (Å²) in [4.78, 5) is 23.4. The Morgan fingerprint density at radius 3 is 2.33 bits per heavy atom. The summed E-state index contributed by atoms with van der Waals surface area (Å²) in [6, 6.07) is -0.571. The molecule has 15 heavy (non-hydrogen) atoms. The van der Waals surface area contributed by atoms with Crippen LogP contribution in [0.25, 0.3) is 0 Å². The van der Waals surface area contributed by atoms with Crippen molar-refractivity contribution in [1.82, 2.24) is 20.9 Å². The molecule has 88 valence electrons. The van der Waals surface area contributed by atoms with Gasteiger partial charge in [0.1, 0.15) is 0 Å². The maximum Gasteiger partial charge on any atom is 0.317 e. The second-order valence-corrected chi connectivity index (χ2v) is 2.77. The molecule has 0 rings (SSSR count). The lowest BCUT2D eigenvalue weighted by Gasteiger charge is -2.21. The summed E-state index contributed by atoms with van der Waals surface area (Å²) in [7, 11) is 3.03. The highest BCUT2D eigenvalue weighted by Crippen LogP contribution is 1.87. The van der Waals surface area contributed by atoms with Crippen LogP contribution in [0.4, 0.5) is 9.59 Å². The predicted octanol–water partition coefficient (Wildman–Crippen LogP) is -1.45. The summed E-state index contributed by atoms with van der Waals surface area (Å²) in [5, 5.41) is 16.1. The first kappa shape index (κ1) is 13.5. The molecule has 0 aromatic rings. The molecule has 0 fully saturated rings. The van der Waals surface area contributed by atoms with Crippen molar-refractivity contribution in [3.8, 4) is 0 Å². The number of urea groups is 2. The molecule has 0 radical (unpaired) electrons. The van der Waals surface area contributed by atoms with E-state index in [4.69, 9.17) is 5.11 Å². The highest BCUT2D eigenvalue weighted by atomic mass is 16.3. The number of rotatable bonds is 5. The van der Waals surface area contributed by atoms with Crippen molar-refractivity contribution in [2.45, 2.75) is 0 Å². The number of carbonyl (C=O) groups is 2. The molecule has 7 nitrogen and oxygen atoms in total. The average Bonchev–Trinajstić information content (AvgIpc) is 2.26. The van der Waals surface area contributed by atoms with Crippen molar-refractivity contribution in [2.75, 3.05) is 40.3 Å². The average molecular weight is 218 g/mol. The molecule has 0 aliphatic heterocycles. The SMILES string of the molecule is CNC(=O)NCCN(CCO)C(=O)NC. The second kappa shape index (κ2) is 7.86. The fourth-order valence-corrected chi connectivity index (χ4v) is 0.986. The Morgan fingerprint density at radius 1 is 1.20 bits per heavy atom. The minimum Gasteiger partial charge on any atom is -0.395 e. The first-order chi connectivity index (χ1) is 7.15. The molecule has 7 heteroatoms. The maximum atomic E-state index is 11.2. The van der Waals surface area contributed by atoms with Gasteiger partial charge in [-0.05, 0) is 0 Å². The van der Waals surface area contributed by atoms with Gasteiger partial charge in [-0.25, -0.2) is 9.59 Å². The summed E-state index contributed by atoms with van der Waals surface area (Å²) < 4.78 is 0. The van der Waals surface area contributed by atoms with Crippen LogP contribution in [0.2, 0.25) is 0 Å². The molecule has 0 bridgehead atoms. The molecule has 0 saturated heterocycles. The Bertz CT molecular complexity index is 210. The van der Waals surface area contributed by atoms with Gasteiger partial charge in [0.25, 0.3) is 0 Å². The second-order valence-electron chi connectivity index (χ2n) is 2.77. The molecule has 0 unspecified atom stereocenters. The van der Waals surface area contributed by atoms with E-state index in [0.717, 1.165) is 0 Å². The van der Waals surface area contributed by atoms with Crippen LogP contribution in [-0.4, -0.2) is 62.4 Å². The van der Waals surface area contributed by atoms with Gasteiger partial charge in [0.2, 0.25) is 0 Å². The third-order valence-electron chi connectivity index (χ3n) is 1.77. The van der Waals surface area contributed by atoms with Gasteiger partial charge in [0.05, 0.1) is 6.61 Å². The van der Waals surface area contributed by atoms with Crippen molar-refractivity contribution in [1.29, 1.82) is 0 Å². The molecular weight excluding hydrogens is 200 g/mol. The van der Waals surface area contributed by atoms with Gasteiger partial charge in [-0.2, -0.15) is 0 Å². The molecule has 0 aromatic carbocycles. The molecule has 4 amide bonds. The first-order valence-electron chi connectivity index (χ1n) is 4.68. The van der Waals surface area contributed by atoms with Gasteiger partial charge in [-0.3, -0.25) is 0 Å². The first-order valence-corrected chi connectivity index (χ1v) is 4.68. The van der Waals surface area contributed by atoms with Crippen LogP contribution >= 0.6 is 0 Å². The van der Waals surface area contributed by atoms with Crippen LogP contribution in [0.1, 0.15) is 0 Å². The standard InChI is InChI=1S/C8H18N4O3/c1-9-7(14)11-3-4-12(5-6-13)8(15)10-2/h13H,3-6H2,1-2H3,(H,10,15)(H2,9,11,14). The topological polar surface area (TPSA) is 93.7 Å². The van der Waals surface area contributed by atoms with Crippen LogP contribution in [0, 0.1) is 0 Å². The van der Waals surface area contributed by atoms with E-state index in [1.807, 2.05) is 0 Å². The van der Waals surface area contributed by atoms with Crippen molar-refractivity contribution >= 4 is 12.1 Å². The molecule has 0 aliphatic rings. The lowest BCUT2D eigenvalue weighted by atomic mass is 10.5. The van der Waals surface area contributed by atoms with E-state index >= 15 is 0 Å². The largest absolute Gasteiger partial charge is 0.395 e. The molecule has 0 saturated carbocycles. The quantitative estimate of drug-likeness (QED) is 0.455. The van der Waals surface area contributed by atoms with Crippen LogP contribution < -0.4 is 16.0 Å². The number of nitrogens with one attached hydrogen (secondary N) is 3. The monoisotopic (exact) mass is 218 g/mol. The number of nitrogens with zero attached hydrogens (tertiary/aromatic N) is 1. The van der Waals surface area contributed by atoms with Gasteiger partial charge in [-0.1, -0.05) is 0 Å². The van der Waals surface area contributed by atoms with E-state index in [-0.39, 0.29) is 25.2 Å². The van der Waals surface area contributed by atoms with E-state index in [0.29, 0.717) is 13.1 Å². The predicted molar refractivity (Wildman–Crippen MR) is 55.6 cm³/mol.